The van der Waals surface area contributed by atoms with E-state index in [0.29, 0.717) is 16.5 Å². The Bertz CT molecular complexity index is 595. The summed E-state index contributed by atoms with van der Waals surface area (Å²) in [6.07, 6.45) is 0. The van der Waals surface area contributed by atoms with E-state index in [9.17, 15) is 4.79 Å². The number of rotatable bonds is 4. The van der Waals surface area contributed by atoms with Crippen LogP contribution in [0.25, 0.3) is 0 Å². The van der Waals surface area contributed by atoms with E-state index >= 15 is 0 Å². The van der Waals surface area contributed by atoms with E-state index in [0.717, 1.165) is 0 Å². The molecule has 1 aromatic heterocycles. The summed E-state index contributed by atoms with van der Waals surface area (Å²) in [7, 11) is 2.89. The lowest BCUT2D eigenvalue weighted by Gasteiger charge is -2.07. The van der Waals surface area contributed by atoms with Gasteiger partial charge in [-0.25, -0.2) is 0 Å². The molecule has 1 N–H and O–H groups in total. The predicted molar refractivity (Wildman–Crippen MR) is 74.5 cm³/mol. The quantitative estimate of drug-likeness (QED) is 0.937. The average Bonchev–Trinajstić information content (AvgIpc) is 2.47. The van der Waals surface area contributed by atoms with Crippen molar-refractivity contribution < 1.29 is 14.3 Å². The Hall–Kier alpha value is -2.34. The molecule has 0 fully saturated rings. The zero-order valence-corrected chi connectivity index (χ0v) is 11.6. The van der Waals surface area contributed by atoms with Gasteiger partial charge in [-0.3, -0.25) is 4.79 Å². The van der Waals surface area contributed by atoms with Crippen molar-refractivity contribution in [2.75, 3.05) is 19.5 Å². The summed E-state index contributed by atoms with van der Waals surface area (Å²) in [5.74, 6) is 0.265. The van der Waals surface area contributed by atoms with Gasteiger partial charge in [-0.1, -0.05) is 11.6 Å². The first-order chi connectivity index (χ1) is 9.62. The van der Waals surface area contributed by atoms with Crippen LogP contribution in [-0.2, 0) is 0 Å². The molecule has 0 aliphatic heterocycles. The van der Waals surface area contributed by atoms with Gasteiger partial charge < -0.3 is 14.8 Å². The molecule has 2 rings (SSSR count). The highest BCUT2D eigenvalue weighted by atomic mass is 35.5. The molecule has 0 saturated heterocycles. The summed E-state index contributed by atoms with van der Waals surface area (Å²) in [6.45, 7) is 0. The fraction of sp³-hybridized carbons (Fsp3) is 0.154. The zero-order chi connectivity index (χ0) is 14.5. The number of anilines is 1. The van der Waals surface area contributed by atoms with Gasteiger partial charge in [0.15, 0.2) is 0 Å². The summed E-state index contributed by atoms with van der Waals surface area (Å²) in [5.41, 5.74) is 0.464. The molecule has 1 amide bonds. The molecule has 0 saturated carbocycles. The van der Waals surface area contributed by atoms with Gasteiger partial charge in [-0.05, 0) is 24.3 Å². The second-order valence-electron chi connectivity index (χ2n) is 3.74. The van der Waals surface area contributed by atoms with Crippen LogP contribution in [-0.4, -0.2) is 30.1 Å². The molecule has 0 radical (unpaired) electrons. The fourth-order valence-electron chi connectivity index (χ4n) is 1.45. The summed E-state index contributed by atoms with van der Waals surface area (Å²) in [5, 5.41) is 3.20. The van der Waals surface area contributed by atoms with Crippen molar-refractivity contribution in [2.24, 2.45) is 0 Å². The van der Waals surface area contributed by atoms with E-state index in [1.807, 2.05) is 0 Å². The molecule has 0 spiro atoms. The van der Waals surface area contributed by atoms with Crippen molar-refractivity contribution in [3.63, 3.8) is 0 Å². The Morgan fingerprint density at radius 3 is 2.45 bits per heavy atom. The molecule has 1 heterocycles. The van der Waals surface area contributed by atoms with E-state index in [2.05, 4.69) is 15.3 Å². The summed E-state index contributed by atoms with van der Waals surface area (Å²) >= 11 is 5.77. The number of ether oxygens (including phenoxy) is 2. The highest BCUT2D eigenvalue weighted by Crippen LogP contribution is 2.18. The lowest BCUT2D eigenvalue weighted by molar-refractivity contribution is 0.102. The summed E-state index contributed by atoms with van der Waals surface area (Å²) in [4.78, 5) is 20.0. The van der Waals surface area contributed by atoms with E-state index in [1.54, 1.807) is 24.3 Å². The van der Waals surface area contributed by atoms with Crippen LogP contribution in [0.3, 0.4) is 0 Å². The highest BCUT2D eigenvalue weighted by molar-refractivity contribution is 6.30. The van der Waals surface area contributed by atoms with Crippen LogP contribution in [0.1, 0.15) is 10.4 Å². The number of methoxy groups -OCH3 is 2. The van der Waals surface area contributed by atoms with Crippen molar-refractivity contribution in [1.29, 1.82) is 0 Å². The minimum atomic E-state index is -0.315. The molecular weight excluding hydrogens is 282 g/mol. The van der Waals surface area contributed by atoms with E-state index in [-0.39, 0.29) is 17.7 Å². The van der Waals surface area contributed by atoms with Gasteiger partial charge in [0.1, 0.15) is 5.82 Å². The maximum atomic E-state index is 12.0. The SMILES string of the molecule is COc1cc(NC(=O)c2ccc(Cl)cc2)nc(OC)n1. The van der Waals surface area contributed by atoms with Crippen LogP contribution in [0.2, 0.25) is 5.02 Å². The molecule has 0 aliphatic carbocycles. The minimum Gasteiger partial charge on any atom is -0.481 e. The smallest absolute Gasteiger partial charge is 0.321 e. The van der Waals surface area contributed by atoms with Crippen molar-refractivity contribution in [3.8, 4) is 11.9 Å². The molecular formula is C13H12ClN3O3. The third-order valence-electron chi connectivity index (χ3n) is 2.42. The number of carbonyl (C=O) groups excluding carboxylic acids is 1. The Labute approximate surface area is 120 Å². The largest absolute Gasteiger partial charge is 0.481 e. The number of aromatic nitrogens is 2. The number of nitrogens with one attached hydrogen (secondary N) is 1. The lowest BCUT2D eigenvalue weighted by atomic mass is 10.2. The van der Waals surface area contributed by atoms with Crippen molar-refractivity contribution in [2.45, 2.75) is 0 Å². The number of amides is 1. The maximum absolute atomic E-state index is 12.0. The molecule has 0 aliphatic rings. The second kappa shape index (κ2) is 6.21. The monoisotopic (exact) mass is 293 g/mol. The average molecular weight is 294 g/mol. The van der Waals surface area contributed by atoms with Gasteiger partial charge in [0.2, 0.25) is 5.88 Å². The Balaban J connectivity index is 2.20. The van der Waals surface area contributed by atoms with E-state index < -0.39 is 0 Å². The van der Waals surface area contributed by atoms with Gasteiger partial charge in [0.25, 0.3) is 5.91 Å². The number of halogens is 1. The Morgan fingerprint density at radius 2 is 1.85 bits per heavy atom. The van der Waals surface area contributed by atoms with E-state index in [4.69, 9.17) is 21.1 Å². The third-order valence-corrected chi connectivity index (χ3v) is 2.67. The van der Waals surface area contributed by atoms with Gasteiger partial charge in [-0.15, -0.1) is 0 Å². The first-order valence-electron chi connectivity index (χ1n) is 5.66. The Kier molecular flexibility index (Phi) is 4.37. The van der Waals surface area contributed by atoms with Crippen LogP contribution < -0.4 is 14.8 Å². The van der Waals surface area contributed by atoms with Crippen molar-refractivity contribution in [3.05, 3.63) is 40.9 Å². The third kappa shape index (κ3) is 3.36. The maximum Gasteiger partial charge on any atom is 0.321 e. The van der Waals surface area contributed by atoms with E-state index in [1.165, 1.54) is 20.3 Å². The molecule has 0 bridgehead atoms. The predicted octanol–water partition coefficient (Wildman–Crippen LogP) is 2.40. The van der Waals surface area contributed by atoms with Crippen molar-refractivity contribution >= 4 is 23.3 Å². The second-order valence-corrected chi connectivity index (χ2v) is 4.18. The van der Waals surface area contributed by atoms with Crippen LogP contribution in [0.15, 0.2) is 30.3 Å². The molecule has 2 aromatic rings. The van der Waals surface area contributed by atoms with Crippen LogP contribution in [0.5, 0.6) is 11.9 Å². The topological polar surface area (TPSA) is 73.3 Å². The van der Waals surface area contributed by atoms with Crippen LogP contribution >= 0.6 is 11.6 Å². The molecule has 104 valence electrons. The van der Waals surface area contributed by atoms with Crippen LogP contribution in [0, 0.1) is 0 Å². The zero-order valence-electron chi connectivity index (χ0n) is 10.9. The molecule has 7 heteroatoms. The van der Waals surface area contributed by atoms with Gasteiger partial charge in [-0.2, -0.15) is 9.97 Å². The Morgan fingerprint density at radius 1 is 1.15 bits per heavy atom. The minimum absolute atomic E-state index is 0.107. The molecule has 0 atom stereocenters. The van der Waals surface area contributed by atoms with Crippen molar-refractivity contribution in [1.82, 2.24) is 9.97 Å². The number of hydrogen-bond donors (Lipinski definition) is 1. The number of carbonyl (C=O) groups is 1. The first-order valence-corrected chi connectivity index (χ1v) is 6.04. The lowest BCUT2D eigenvalue weighted by Crippen LogP contribution is -2.13. The molecule has 20 heavy (non-hydrogen) atoms. The number of hydrogen-bond acceptors (Lipinski definition) is 5. The van der Waals surface area contributed by atoms with Gasteiger partial charge in [0, 0.05) is 16.7 Å². The number of nitrogens with zero attached hydrogens (tertiary/aromatic N) is 2. The summed E-state index contributed by atoms with van der Waals surface area (Å²) < 4.78 is 9.93. The molecule has 1 aromatic carbocycles. The molecule has 0 unspecified atom stereocenters. The van der Waals surface area contributed by atoms with Crippen LogP contribution in [0.4, 0.5) is 5.82 Å². The van der Waals surface area contributed by atoms with Gasteiger partial charge in [0.05, 0.1) is 14.2 Å². The molecule has 6 nitrogen and oxygen atoms in total. The van der Waals surface area contributed by atoms with Gasteiger partial charge >= 0.3 is 6.01 Å². The summed E-state index contributed by atoms with van der Waals surface area (Å²) in [6, 6.07) is 8.11. The standard InChI is InChI=1S/C13H12ClN3O3/c1-19-11-7-10(16-13(17-11)20-2)15-12(18)8-3-5-9(14)6-4-8/h3-7H,1-2H3,(H,15,16,17,18). The normalized spacial score (nSPS) is 9.95. The first kappa shape index (κ1) is 14.1. The highest BCUT2D eigenvalue weighted by Gasteiger charge is 2.10. The number of benzene rings is 1. The fourth-order valence-corrected chi connectivity index (χ4v) is 1.58.